The smallest absolute Gasteiger partial charge is 0.186 e. The number of fused-ring (bicyclic) bond motifs is 1. The van der Waals surface area contributed by atoms with Gasteiger partial charge in [0, 0.05) is 5.56 Å². The lowest BCUT2D eigenvalue weighted by Gasteiger charge is -2.03. The van der Waals surface area contributed by atoms with Crippen LogP contribution in [-0.2, 0) is 0 Å². The Hall–Kier alpha value is -2.81. The Balaban J connectivity index is 1.87. The van der Waals surface area contributed by atoms with Crippen LogP contribution < -0.4 is 0 Å². The minimum Gasteiger partial charge on any atom is -0.289 e. The van der Waals surface area contributed by atoms with Crippen LogP contribution in [0.15, 0.2) is 54.7 Å². The molecular weight excluding hydrogens is 272 g/mol. The first-order valence-electron chi connectivity index (χ1n) is 7.15. The van der Waals surface area contributed by atoms with E-state index in [2.05, 4.69) is 9.97 Å². The summed E-state index contributed by atoms with van der Waals surface area (Å²) >= 11 is 0. The molecule has 22 heavy (non-hydrogen) atoms. The van der Waals surface area contributed by atoms with Crippen LogP contribution >= 0.6 is 0 Å². The summed E-state index contributed by atoms with van der Waals surface area (Å²) in [5.74, 6) is -0.0209. The van der Waals surface area contributed by atoms with E-state index >= 15 is 0 Å². The summed E-state index contributed by atoms with van der Waals surface area (Å²) in [7, 11) is 0. The topological polar surface area (TPSA) is 42.9 Å². The van der Waals surface area contributed by atoms with Gasteiger partial charge in [-0.3, -0.25) is 9.78 Å². The summed E-state index contributed by atoms with van der Waals surface area (Å²) in [4.78, 5) is 21.1. The van der Waals surface area contributed by atoms with Crippen LogP contribution in [0.4, 0.5) is 0 Å². The molecule has 0 amide bonds. The van der Waals surface area contributed by atoms with Crippen molar-refractivity contribution < 1.29 is 4.79 Å². The summed E-state index contributed by atoms with van der Waals surface area (Å²) in [5, 5.41) is 0. The lowest BCUT2D eigenvalue weighted by atomic mass is 10.0. The molecule has 3 rings (SSSR count). The molecule has 0 saturated carbocycles. The molecule has 0 unspecified atom stereocenters. The number of nitrogens with zero attached hydrogens (tertiary/aromatic N) is 2. The summed E-state index contributed by atoms with van der Waals surface area (Å²) in [5.41, 5.74) is 5.20. The maximum absolute atomic E-state index is 12.3. The molecule has 108 valence electrons. The molecule has 3 nitrogen and oxygen atoms in total. The van der Waals surface area contributed by atoms with Gasteiger partial charge in [-0.15, -0.1) is 0 Å². The number of aryl methyl sites for hydroxylation is 2. The fourth-order valence-corrected chi connectivity index (χ4v) is 2.39. The SMILES string of the molecule is Cc1ccc(C(=O)/C=C/c2cnc3ccccc3n2)c(C)c1. The molecule has 3 heteroatoms. The molecule has 0 fully saturated rings. The van der Waals surface area contributed by atoms with Crippen LogP contribution in [0.25, 0.3) is 17.1 Å². The zero-order valence-electron chi connectivity index (χ0n) is 12.6. The van der Waals surface area contributed by atoms with E-state index in [1.165, 1.54) is 0 Å². The molecule has 0 atom stereocenters. The predicted molar refractivity (Wildman–Crippen MR) is 88.8 cm³/mol. The van der Waals surface area contributed by atoms with Crippen molar-refractivity contribution in [2.24, 2.45) is 0 Å². The Morgan fingerprint density at radius 1 is 1.05 bits per heavy atom. The molecule has 0 N–H and O–H groups in total. The Labute approximate surface area is 129 Å². The molecule has 0 radical (unpaired) electrons. The first-order chi connectivity index (χ1) is 10.6. The van der Waals surface area contributed by atoms with Crippen molar-refractivity contribution in [3.8, 4) is 0 Å². The fourth-order valence-electron chi connectivity index (χ4n) is 2.39. The van der Waals surface area contributed by atoms with Crippen molar-refractivity contribution in [3.63, 3.8) is 0 Å². The molecule has 0 aliphatic rings. The average Bonchev–Trinajstić information content (AvgIpc) is 2.52. The number of benzene rings is 2. The largest absolute Gasteiger partial charge is 0.289 e. The number of para-hydroxylation sites is 2. The Morgan fingerprint density at radius 3 is 2.59 bits per heavy atom. The summed E-state index contributed by atoms with van der Waals surface area (Å²) in [6.07, 6.45) is 4.94. The molecule has 0 spiro atoms. The molecule has 0 aliphatic carbocycles. The third-order valence-electron chi connectivity index (χ3n) is 3.52. The third kappa shape index (κ3) is 2.93. The number of aromatic nitrogens is 2. The monoisotopic (exact) mass is 288 g/mol. The molecule has 1 aromatic heterocycles. The van der Waals surface area contributed by atoms with Crippen molar-refractivity contribution >= 4 is 22.9 Å². The van der Waals surface area contributed by atoms with Crippen molar-refractivity contribution in [2.45, 2.75) is 13.8 Å². The summed E-state index contributed by atoms with van der Waals surface area (Å²) in [6, 6.07) is 13.5. The van der Waals surface area contributed by atoms with Gasteiger partial charge in [0.15, 0.2) is 5.78 Å². The number of allylic oxidation sites excluding steroid dienone is 1. The van der Waals surface area contributed by atoms with Gasteiger partial charge in [0.25, 0.3) is 0 Å². The van der Waals surface area contributed by atoms with E-state index < -0.39 is 0 Å². The third-order valence-corrected chi connectivity index (χ3v) is 3.52. The molecule has 1 heterocycles. The fraction of sp³-hybridized carbons (Fsp3) is 0.105. The summed E-state index contributed by atoms with van der Waals surface area (Å²) < 4.78 is 0. The maximum atomic E-state index is 12.3. The normalized spacial score (nSPS) is 11.2. The van der Waals surface area contributed by atoms with Gasteiger partial charge in [-0.1, -0.05) is 35.9 Å². The van der Waals surface area contributed by atoms with Gasteiger partial charge >= 0.3 is 0 Å². The van der Waals surface area contributed by atoms with Crippen LogP contribution in [0.5, 0.6) is 0 Å². The Morgan fingerprint density at radius 2 is 1.82 bits per heavy atom. The van der Waals surface area contributed by atoms with Crippen molar-refractivity contribution in [1.82, 2.24) is 9.97 Å². The van der Waals surface area contributed by atoms with Crippen LogP contribution in [0.1, 0.15) is 27.2 Å². The molecular formula is C19H16N2O. The zero-order chi connectivity index (χ0) is 15.5. The van der Waals surface area contributed by atoms with Gasteiger partial charge in [-0.25, -0.2) is 4.98 Å². The minimum absolute atomic E-state index is 0.0209. The van der Waals surface area contributed by atoms with E-state index in [4.69, 9.17) is 0 Å². The van der Waals surface area contributed by atoms with Gasteiger partial charge in [0.05, 0.1) is 22.9 Å². The zero-order valence-corrected chi connectivity index (χ0v) is 12.6. The quantitative estimate of drug-likeness (QED) is 0.537. The number of hydrogen-bond acceptors (Lipinski definition) is 3. The van der Waals surface area contributed by atoms with Crippen molar-refractivity contribution in [2.75, 3.05) is 0 Å². The van der Waals surface area contributed by atoms with Gasteiger partial charge < -0.3 is 0 Å². The average molecular weight is 288 g/mol. The van der Waals surface area contributed by atoms with Crippen LogP contribution in [0, 0.1) is 13.8 Å². The molecule has 0 aliphatic heterocycles. The summed E-state index contributed by atoms with van der Waals surface area (Å²) in [6.45, 7) is 3.96. The number of rotatable bonds is 3. The van der Waals surface area contributed by atoms with Crippen molar-refractivity contribution in [3.05, 3.63) is 77.1 Å². The molecule has 0 saturated heterocycles. The van der Waals surface area contributed by atoms with E-state index in [9.17, 15) is 4.79 Å². The highest BCUT2D eigenvalue weighted by molar-refractivity contribution is 6.07. The maximum Gasteiger partial charge on any atom is 0.186 e. The van der Waals surface area contributed by atoms with Crippen LogP contribution in [0.2, 0.25) is 0 Å². The number of carbonyl (C=O) groups excluding carboxylic acids is 1. The lowest BCUT2D eigenvalue weighted by molar-refractivity contribution is 0.104. The van der Waals surface area contributed by atoms with Gasteiger partial charge in [-0.05, 0) is 43.7 Å². The second kappa shape index (κ2) is 5.90. The van der Waals surface area contributed by atoms with Gasteiger partial charge in [0.2, 0.25) is 0 Å². The molecule has 0 bridgehead atoms. The van der Waals surface area contributed by atoms with E-state index in [1.54, 1.807) is 18.3 Å². The van der Waals surface area contributed by atoms with E-state index in [-0.39, 0.29) is 5.78 Å². The first-order valence-corrected chi connectivity index (χ1v) is 7.15. The van der Waals surface area contributed by atoms with Gasteiger partial charge in [-0.2, -0.15) is 0 Å². The highest BCUT2D eigenvalue weighted by Crippen LogP contribution is 2.13. The van der Waals surface area contributed by atoms with Crippen LogP contribution in [-0.4, -0.2) is 15.8 Å². The first kappa shape index (κ1) is 14.1. The highest BCUT2D eigenvalue weighted by Gasteiger charge is 2.05. The van der Waals surface area contributed by atoms with E-state index in [0.717, 1.165) is 27.7 Å². The van der Waals surface area contributed by atoms with Crippen molar-refractivity contribution in [1.29, 1.82) is 0 Å². The number of ketones is 1. The van der Waals surface area contributed by atoms with E-state index in [1.807, 2.05) is 56.3 Å². The Kier molecular flexibility index (Phi) is 3.79. The highest BCUT2D eigenvalue weighted by atomic mass is 16.1. The minimum atomic E-state index is -0.0209. The molecule has 3 aromatic rings. The lowest BCUT2D eigenvalue weighted by Crippen LogP contribution is -1.98. The number of carbonyl (C=O) groups is 1. The standard InChI is InChI=1S/C19H16N2O/c1-13-7-9-16(14(2)11-13)19(22)10-8-15-12-20-17-5-3-4-6-18(17)21-15/h3-12H,1-2H3/b10-8+. The van der Waals surface area contributed by atoms with Crippen LogP contribution in [0.3, 0.4) is 0 Å². The Bertz CT molecular complexity index is 881. The number of hydrogen-bond donors (Lipinski definition) is 0. The predicted octanol–water partition coefficient (Wildman–Crippen LogP) is 4.14. The second-order valence-electron chi connectivity index (χ2n) is 5.30. The second-order valence-corrected chi connectivity index (χ2v) is 5.30. The van der Waals surface area contributed by atoms with E-state index in [0.29, 0.717) is 5.69 Å². The van der Waals surface area contributed by atoms with Gasteiger partial charge in [0.1, 0.15) is 0 Å². The molecule has 2 aromatic carbocycles.